The van der Waals surface area contributed by atoms with E-state index in [1.807, 2.05) is 24.4 Å². The largest absolute Gasteiger partial charge is 0.335 e. The molecule has 0 fully saturated rings. The van der Waals surface area contributed by atoms with E-state index in [-0.39, 0.29) is 0 Å². The smallest absolute Gasteiger partial charge is 0.136 e. The first-order chi connectivity index (χ1) is 10.9. The van der Waals surface area contributed by atoms with Crippen molar-refractivity contribution < 1.29 is 0 Å². The van der Waals surface area contributed by atoms with Crippen molar-refractivity contribution in [2.45, 2.75) is 38.8 Å². The van der Waals surface area contributed by atoms with Crippen molar-refractivity contribution in [1.29, 1.82) is 0 Å². The molecule has 4 heterocycles. The number of hydrogen-bond acceptors (Lipinski definition) is 3. The molecule has 1 aliphatic rings. The summed E-state index contributed by atoms with van der Waals surface area (Å²) < 4.78 is 4.45. The molecule has 0 unspecified atom stereocenters. The van der Waals surface area contributed by atoms with Gasteiger partial charge in [0.05, 0.1) is 17.6 Å². The van der Waals surface area contributed by atoms with Gasteiger partial charge >= 0.3 is 0 Å². The molecular formula is C17H21N5. The van der Waals surface area contributed by atoms with Gasteiger partial charge in [0.15, 0.2) is 0 Å². The average molecular weight is 295 g/mol. The molecule has 5 nitrogen and oxygen atoms in total. The number of aryl methyl sites for hydroxylation is 2. The van der Waals surface area contributed by atoms with Crippen LogP contribution in [0.15, 0.2) is 36.8 Å². The Bertz CT molecular complexity index is 747. The molecule has 0 saturated heterocycles. The summed E-state index contributed by atoms with van der Waals surface area (Å²) in [6, 6.07) is 6.08. The molecule has 1 N–H and O–H groups in total. The van der Waals surface area contributed by atoms with E-state index in [4.69, 9.17) is 4.98 Å². The van der Waals surface area contributed by atoms with Crippen molar-refractivity contribution in [1.82, 2.24) is 24.3 Å². The van der Waals surface area contributed by atoms with Crippen LogP contribution in [0.5, 0.6) is 0 Å². The molecule has 0 aromatic carbocycles. The van der Waals surface area contributed by atoms with Crippen molar-refractivity contribution >= 4 is 5.65 Å². The maximum atomic E-state index is 4.74. The molecule has 0 aliphatic carbocycles. The van der Waals surface area contributed by atoms with Crippen LogP contribution in [0.1, 0.15) is 30.1 Å². The van der Waals surface area contributed by atoms with E-state index in [2.05, 4.69) is 31.7 Å². The third-order valence-electron chi connectivity index (χ3n) is 4.32. The van der Waals surface area contributed by atoms with Crippen LogP contribution < -0.4 is 5.32 Å². The minimum atomic E-state index is 0.832. The normalized spacial score (nSPS) is 14.4. The molecule has 0 spiro atoms. The maximum Gasteiger partial charge on any atom is 0.136 e. The first kappa shape index (κ1) is 13.5. The summed E-state index contributed by atoms with van der Waals surface area (Å²) in [6.45, 7) is 2.91. The number of nitrogens with zero attached hydrogens (tertiary/aromatic N) is 4. The molecular weight excluding hydrogens is 274 g/mol. The van der Waals surface area contributed by atoms with E-state index in [9.17, 15) is 0 Å². The predicted octanol–water partition coefficient (Wildman–Crippen LogP) is 2.20. The zero-order valence-electron chi connectivity index (χ0n) is 12.7. The number of rotatable bonds is 5. The van der Waals surface area contributed by atoms with Crippen molar-refractivity contribution in [2.24, 2.45) is 0 Å². The van der Waals surface area contributed by atoms with E-state index in [0.717, 1.165) is 38.1 Å². The topological polar surface area (TPSA) is 47.1 Å². The summed E-state index contributed by atoms with van der Waals surface area (Å²) in [5, 5.41) is 3.50. The first-order valence-electron chi connectivity index (χ1n) is 8.07. The number of pyridine rings is 1. The summed E-state index contributed by atoms with van der Waals surface area (Å²) >= 11 is 0. The fourth-order valence-electron chi connectivity index (χ4n) is 3.14. The Morgan fingerprint density at radius 2 is 2.23 bits per heavy atom. The predicted molar refractivity (Wildman–Crippen MR) is 85.8 cm³/mol. The van der Waals surface area contributed by atoms with Crippen LogP contribution in [0, 0.1) is 0 Å². The van der Waals surface area contributed by atoms with E-state index < -0.39 is 0 Å². The van der Waals surface area contributed by atoms with Gasteiger partial charge in [-0.2, -0.15) is 0 Å². The van der Waals surface area contributed by atoms with Crippen molar-refractivity contribution in [2.75, 3.05) is 6.54 Å². The lowest BCUT2D eigenvalue weighted by atomic mass is 10.2. The number of hydrogen-bond donors (Lipinski definition) is 1. The standard InChI is InChI=1S/C17H21N5/c1-3-9-21-13-14(20-17(21)6-1)7-8-18-11-15-12-19-16-5-2-4-10-22(15)16/h2,4-5,10,12-13,18H,1,3,6-9,11H2. The Hall–Kier alpha value is -2.14. The molecule has 5 heteroatoms. The third kappa shape index (κ3) is 2.64. The first-order valence-corrected chi connectivity index (χ1v) is 8.07. The number of imidazole rings is 2. The molecule has 4 rings (SSSR count). The van der Waals surface area contributed by atoms with Crippen molar-refractivity contribution in [3.05, 3.63) is 54.0 Å². The van der Waals surface area contributed by atoms with Gasteiger partial charge in [-0.1, -0.05) is 6.07 Å². The van der Waals surface area contributed by atoms with Crippen molar-refractivity contribution in [3.8, 4) is 0 Å². The van der Waals surface area contributed by atoms with E-state index in [1.165, 1.54) is 30.1 Å². The van der Waals surface area contributed by atoms with Gasteiger partial charge in [0.25, 0.3) is 0 Å². The van der Waals surface area contributed by atoms with Crippen LogP contribution in [0.3, 0.4) is 0 Å². The highest BCUT2D eigenvalue weighted by molar-refractivity contribution is 5.39. The van der Waals surface area contributed by atoms with Crippen LogP contribution in [-0.4, -0.2) is 25.5 Å². The summed E-state index contributed by atoms with van der Waals surface area (Å²) in [4.78, 5) is 9.15. The lowest BCUT2D eigenvalue weighted by molar-refractivity contribution is 0.522. The Morgan fingerprint density at radius 3 is 3.18 bits per heavy atom. The molecule has 3 aromatic heterocycles. The Morgan fingerprint density at radius 1 is 1.23 bits per heavy atom. The molecule has 3 aromatic rings. The van der Waals surface area contributed by atoms with Gasteiger partial charge in [0, 0.05) is 44.9 Å². The Labute approximate surface area is 130 Å². The Balaban J connectivity index is 1.33. The molecule has 1 aliphatic heterocycles. The van der Waals surface area contributed by atoms with Crippen LogP contribution >= 0.6 is 0 Å². The van der Waals surface area contributed by atoms with Crippen LogP contribution in [0.25, 0.3) is 5.65 Å². The third-order valence-corrected chi connectivity index (χ3v) is 4.32. The average Bonchev–Trinajstić information content (AvgIpc) is 3.15. The summed E-state index contributed by atoms with van der Waals surface area (Å²) in [5.41, 5.74) is 3.41. The minimum absolute atomic E-state index is 0.832. The fourth-order valence-corrected chi connectivity index (χ4v) is 3.14. The molecule has 114 valence electrons. The number of nitrogens with one attached hydrogen (secondary N) is 1. The summed E-state index contributed by atoms with van der Waals surface area (Å²) in [7, 11) is 0. The molecule has 0 atom stereocenters. The SMILES string of the molecule is c1ccn2c(CNCCc3cn4c(n3)CCCC4)cnc2c1. The monoisotopic (exact) mass is 295 g/mol. The van der Waals surface area contributed by atoms with E-state index in [0.29, 0.717) is 0 Å². The van der Waals surface area contributed by atoms with Crippen LogP contribution in [0.4, 0.5) is 0 Å². The van der Waals surface area contributed by atoms with Crippen LogP contribution in [0.2, 0.25) is 0 Å². The van der Waals surface area contributed by atoms with Crippen LogP contribution in [-0.2, 0) is 25.9 Å². The summed E-state index contributed by atoms with van der Waals surface area (Å²) in [6.07, 6.45) is 10.9. The van der Waals surface area contributed by atoms with Gasteiger partial charge in [-0.25, -0.2) is 9.97 Å². The lowest BCUT2D eigenvalue weighted by Gasteiger charge is -2.11. The maximum absolute atomic E-state index is 4.74. The van der Waals surface area contributed by atoms with E-state index >= 15 is 0 Å². The van der Waals surface area contributed by atoms with Gasteiger partial charge in [-0.15, -0.1) is 0 Å². The Kier molecular flexibility index (Phi) is 3.64. The molecule has 22 heavy (non-hydrogen) atoms. The van der Waals surface area contributed by atoms with Gasteiger partial charge in [0.1, 0.15) is 11.5 Å². The minimum Gasteiger partial charge on any atom is -0.335 e. The fraction of sp³-hybridized carbons (Fsp3) is 0.412. The molecule has 0 amide bonds. The second-order valence-corrected chi connectivity index (χ2v) is 5.90. The second kappa shape index (κ2) is 5.93. The molecule has 0 saturated carbocycles. The molecule has 0 radical (unpaired) electrons. The van der Waals surface area contributed by atoms with Gasteiger partial charge in [-0.05, 0) is 25.0 Å². The highest BCUT2D eigenvalue weighted by Crippen LogP contribution is 2.14. The van der Waals surface area contributed by atoms with Gasteiger partial charge in [0.2, 0.25) is 0 Å². The highest BCUT2D eigenvalue weighted by Gasteiger charge is 2.11. The highest BCUT2D eigenvalue weighted by atomic mass is 15.1. The van der Waals surface area contributed by atoms with Gasteiger partial charge < -0.3 is 14.3 Å². The number of aromatic nitrogens is 4. The lowest BCUT2D eigenvalue weighted by Crippen LogP contribution is -2.17. The van der Waals surface area contributed by atoms with Gasteiger partial charge in [-0.3, -0.25) is 0 Å². The summed E-state index contributed by atoms with van der Waals surface area (Å²) in [5.74, 6) is 1.27. The number of fused-ring (bicyclic) bond motifs is 2. The molecule has 0 bridgehead atoms. The zero-order valence-corrected chi connectivity index (χ0v) is 12.7. The van der Waals surface area contributed by atoms with E-state index in [1.54, 1.807) is 0 Å². The van der Waals surface area contributed by atoms with Crippen molar-refractivity contribution in [3.63, 3.8) is 0 Å². The quantitative estimate of drug-likeness (QED) is 0.734. The zero-order chi connectivity index (χ0) is 14.8. The second-order valence-electron chi connectivity index (χ2n) is 5.90.